The van der Waals surface area contributed by atoms with Crippen molar-refractivity contribution in [3.8, 4) is 0 Å². The monoisotopic (exact) mass is 234 g/mol. The second kappa shape index (κ2) is 5.45. The first kappa shape index (κ1) is 12.3. The fourth-order valence-corrected chi connectivity index (χ4v) is 2.63. The summed E-state index contributed by atoms with van der Waals surface area (Å²) in [5.74, 6) is 1.85. The van der Waals surface area contributed by atoms with Gasteiger partial charge in [0.2, 0.25) is 0 Å². The molecule has 1 fully saturated rings. The highest BCUT2D eigenvalue weighted by atomic mass is 15.2. The van der Waals surface area contributed by atoms with E-state index in [4.69, 9.17) is 5.73 Å². The molecule has 1 aliphatic heterocycles. The lowest BCUT2D eigenvalue weighted by Crippen LogP contribution is -2.47. The van der Waals surface area contributed by atoms with E-state index in [0.29, 0.717) is 12.6 Å². The lowest BCUT2D eigenvalue weighted by molar-refractivity contribution is 0.334. The third-order valence-electron chi connectivity index (χ3n) is 3.76. The van der Waals surface area contributed by atoms with Crippen molar-refractivity contribution in [3.63, 3.8) is 0 Å². The molecule has 0 aliphatic carbocycles. The Morgan fingerprint density at radius 1 is 1.47 bits per heavy atom. The summed E-state index contributed by atoms with van der Waals surface area (Å²) in [6.45, 7) is 6.04. The summed E-state index contributed by atoms with van der Waals surface area (Å²) in [5.41, 5.74) is 6.92. The van der Waals surface area contributed by atoms with Gasteiger partial charge in [0.05, 0.1) is 0 Å². The summed E-state index contributed by atoms with van der Waals surface area (Å²) in [6, 6.07) is 2.48. The van der Waals surface area contributed by atoms with Gasteiger partial charge in [-0.3, -0.25) is 0 Å². The van der Waals surface area contributed by atoms with E-state index in [1.807, 2.05) is 6.92 Å². The van der Waals surface area contributed by atoms with Crippen LogP contribution in [-0.4, -0.2) is 29.1 Å². The van der Waals surface area contributed by atoms with Crippen molar-refractivity contribution < 1.29 is 0 Å². The van der Waals surface area contributed by atoms with E-state index in [1.165, 1.54) is 19.3 Å². The largest absolute Gasteiger partial charge is 0.352 e. The van der Waals surface area contributed by atoms with Crippen LogP contribution >= 0.6 is 0 Å². The van der Waals surface area contributed by atoms with Crippen LogP contribution in [0.15, 0.2) is 12.4 Å². The van der Waals surface area contributed by atoms with E-state index >= 15 is 0 Å². The quantitative estimate of drug-likeness (QED) is 0.865. The summed E-state index contributed by atoms with van der Waals surface area (Å²) in [7, 11) is 0. The van der Waals surface area contributed by atoms with Gasteiger partial charge in [0.1, 0.15) is 12.1 Å². The normalized spacial score (nSPS) is 25.0. The standard InChI is InChI=1S/C13H22N4/c1-3-11-4-5-17(12(7-11)8-14)13-6-10(2)15-9-16-13/h6,9,11-12H,3-5,7-8,14H2,1-2H3. The van der Waals surface area contributed by atoms with Crippen LogP contribution in [0.3, 0.4) is 0 Å². The molecule has 1 aromatic rings. The molecule has 1 saturated heterocycles. The van der Waals surface area contributed by atoms with E-state index < -0.39 is 0 Å². The molecule has 1 aromatic heterocycles. The Morgan fingerprint density at radius 2 is 2.29 bits per heavy atom. The first-order valence-corrected chi connectivity index (χ1v) is 6.50. The fraction of sp³-hybridized carbons (Fsp3) is 0.692. The maximum absolute atomic E-state index is 5.90. The number of hydrogen-bond donors (Lipinski definition) is 1. The zero-order chi connectivity index (χ0) is 12.3. The van der Waals surface area contributed by atoms with Crippen molar-refractivity contribution in [1.29, 1.82) is 0 Å². The van der Waals surface area contributed by atoms with E-state index in [1.54, 1.807) is 6.33 Å². The number of nitrogens with two attached hydrogens (primary N) is 1. The van der Waals surface area contributed by atoms with Gasteiger partial charge in [-0.15, -0.1) is 0 Å². The van der Waals surface area contributed by atoms with Crippen LogP contribution < -0.4 is 10.6 Å². The van der Waals surface area contributed by atoms with Gasteiger partial charge in [-0.1, -0.05) is 13.3 Å². The Hall–Kier alpha value is -1.16. The lowest BCUT2D eigenvalue weighted by atomic mass is 9.89. The van der Waals surface area contributed by atoms with Gasteiger partial charge in [-0.25, -0.2) is 9.97 Å². The van der Waals surface area contributed by atoms with Crippen LogP contribution in [0, 0.1) is 12.8 Å². The van der Waals surface area contributed by atoms with Crippen molar-refractivity contribution in [2.24, 2.45) is 11.7 Å². The molecule has 2 unspecified atom stereocenters. The molecule has 0 saturated carbocycles. The summed E-state index contributed by atoms with van der Waals surface area (Å²) in [4.78, 5) is 10.9. The molecule has 2 N–H and O–H groups in total. The SMILES string of the molecule is CCC1CCN(c2cc(C)ncn2)C(CN)C1. The molecule has 2 rings (SSSR count). The van der Waals surface area contributed by atoms with Crippen LogP contribution in [0.1, 0.15) is 31.9 Å². The van der Waals surface area contributed by atoms with Crippen LogP contribution in [0.5, 0.6) is 0 Å². The molecule has 0 spiro atoms. The second-order valence-electron chi connectivity index (χ2n) is 4.90. The van der Waals surface area contributed by atoms with Crippen LogP contribution in [0.4, 0.5) is 5.82 Å². The molecular formula is C13H22N4. The number of hydrogen-bond acceptors (Lipinski definition) is 4. The van der Waals surface area contributed by atoms with E-state index in [2.05, 4.69) is 27.9 Å². The van der Waals surface area contributed by atoms with Crippen molar-refractivity contribution >= 4 is 5.82 Å². The number of anilines is 1. The second-order valence-corrected chi connectivity index (χ2v) is 4.90. The van der Waals surface area contributed by atoms with Crippen molar-refractivity contribution in [3.05, 3.63) is 18.1 Å². The minimum Gasteiger partial charge on any atom is -0.352 e. The van der Waals surface area contributed by atoms with Crippen molar-refractivity contribution in [2.75, 3.05) is 18.0 Å². The zero-order valence-corrected chi connectivity index (χ0v) is 10.8. The van der Waals surface area contributed by atoms with Crippen molar-refractivity contribution in [2.45, 2.75) is 39.2 Å². The fourth-order valence-electron chi connectivity index (χ4n) is 2.63. The summed E-state index contributed by atoms with van der Waals surface area (Å²) in [6.07, 6.45) is 5.34. The highest BCUT2D eigenvalue weighted by molar-refractivity contribution is 5.40. The summed E-state index contributed by atoms with van der Waals surface area (Å²) in [5, 5.41) is 0. The van der Waals surface area contributed by atoms with Gasteiger partial charge >= 0.3 is 0 Å². The number of nitrogens with zero attached hydrogens (tertiary/aromatic N) is 3. The Labute approximate surface area is 103 Å². The Morgan fingerprint density at radius 3 is 2.94 bits per heavy atom. The molecular weight excluding hydrogens is 212 g/mol. The molecule has 94 valence electrons. The minimum atomic E-state index is 0.433. The maximum Gasteiger partial charge on any atom is 0.132 e. The van der Waals surface area contributed by atoms with Crippen LogP contribution in [-0.2, 0) is 0 Å². The average Bonchev–Trinajstić information content (AvgIpc) is 2.38. The van der Waals surface area contributed by atoms with Gasteiger partial charge in [-0.2, -0.15) is 0 Å². The predicted molar refractivity (Wildman–Crippen MR) is 70.0 cm³/mol. The third kappa shape index (κ3) is 2.75. The molecule has 0 radical (unpaired) electrons. The van der Waals surface area contributed by atoms with Gasteiger partial charge in [-0.05, 0) is 25.7 Å². The van der Waals surface area contributed by atoms with Gasteiger partial charge in [0, 0.05) is 30.9 Å². The Bertz CT molecular complexity index is 366. The summed E-state index contributed by atoms with van der Waals surface area (Å²) < 4.78 is 0. The average molecular weight is 234 g/mol. The van der Waals surface area contributed by atoms with E-state index in [0.717, 1.165) is 24.0 Å². The first-order valence-electron chi connectivity index (χ1n) is 6.50. The maximum atomic E-state index is 5.90. The van der Waals surface area contributed by atoms with E-state index in [-0.39, 0.29) is 0 Å². The van der Waals surface area contributed by atoms with E-state index in [9.17, 15) is 0 Å². The Balaban J connectivity index is 2.15. The van der Waals surface area contributed by atoms with Crippen molar-refractivity contribution in [1.82, 2.24) is 9.97 Å². The molecule has 0 bridgehead atoms. The summed E-state index contributed by atoms with van der Waals surface area (Å²) >= 11 is 0. The Kier molecular flexibility index (Phi) is 3.94. The lowest BCUT2D eigenvalue weighted by Gasteiger charge is -2.39. The molecule has 1 aliphatic rings. The number of aromatic nitrogens is 2. The zero-order valence-electron chi connectivity index (χ0n) is 10.8. The highest BCUT2D eigenvalue weighted by Gasteiger charge is 2.27. The van der Waals surface area contributed by atoms with Crippen LogP contribution in [0.2, 0.25) is 0 Å². The predicted octanol–water partition coefficient (Wildman–Crippen LogP) is 1.74. The molecule has 2 atom stereocenters. The topological polar surface area (TPSA) is 55.0 Å². The molecule has 0 aromatic carbocycles. The van der Waals surface area contributed by atoms with Gasteiger partial charge in [0.15, 0.2) is 0 Å². The first-order chi connectivity index (χ1) is 8.24. The van der Waals surface area contributed by atoms with Gasteiger partial charge < -0.3 is 10.6 Å². The van der Waals surface area contributed by atoms with Crippen LogP contribution in [0.25, 0.3) is 0 Å². The third-order valence-corrected chi connectivity index (χ3v) is 3.76. The molecule has 17 heavy (non-hydrogen) atoms. The number of rotatable bonds is 3. The molecule has 4 heteroatoms. The minimum absolute atomic E-state index is 0.433. The highest BCUT2D eigenvalue weighted by Crippen LogP contribution is 2.28. The molecule has 4 nitrogen and oxygen atoms in total. The smallest absolute Gasteiger partial charge is 0.132 e. The number of aryl methyl sites for hydroxylation is 1. The van der Waals surface area contributed by atoms with Gasteiger partial charge in [0.25, 0.3) is 0 Å². The molecule has 0 amide bonds. The molecule has 2 heterocycles. The number of piperidine rings is 1.